The Morgan fingerprint density at radius 3 is 2.41 bits per heavy atom. The van der Waals surface area contributed by atoms with E-state index in [9.17, 15) is 9.90 Å². The van der Waals surface area contributed by atoms with E-state index in [0.29, 0.717) is 25.2 Å². The highest BCUT2D eigenvalue weighted by Crippen LogP contribution is 2.22. The number of H-pyrrole nitrogens is 1. The Hall–Kier alpha value is -4.46. The van der Waals surface area contributed by atoms with Crippen LogP contribution in [0, 0.1) is 0 Å². The SMILES string of the molecule is NC(=O)c1cc2cc(CNc3ccc(-c4ccc(CC(O)NCc5ccccc5)nc4)cc3)ccc2[nH]1. The number of hydrogen-bond donors (Lipinski definition) is 5. The molecule has 6 N–H and O–H groups in total. The van der Waals surface area contributed by atoms with Crippen LogP contribution in [-0.2, 0) is 19.5 Å². The number of nitrogens with zero attached hydrogens (tertiary/aromatic N) is 1. The van der Waals surface area contributed by atoms with Gasteiger partial charge < -0.3 is 21.1 Å². The lowest BCUT2D eigenvalue weighted by molar-refractivity contribution is 0.0996. The Morgan fingerprint density at radius 2 is 1.68 bits per heavy atom. The summed E-state index contributed by atoms with van der Waals surface area (Å²) in [6, 6.07) is 30.0. The largest absolute Gasteiger partial charge is 0.381 e. The van der Waals surface area contributed by atoms with Gasteiger partial charge in [-0.2, -0.15) is 0 Å². The van der Waals surface area contributed by atoms with Crippen LogP contribution in [0.5, 0.6) is 0 Å². The van der Waals surface area contributed by atoms with Crippen molar-refractivity contribution in [2.45, 2.75) is 25.7 Å². The lowest BCUT2D eigenvalue weighted by atomic mass is 10.1. The van der Waals surface area contributed by atoms with E-state index in [4.69, 9.17) is 5.73 Å². The van der Waals surface area contributed by atoms with Crippen molar-refractivity contribution in [1.82, 2.24) is 15.3 Å². The van der Waals surface area contributed by atoms with Crippen molar-refractivity contribution in [2.24, 2.45) is 5.73 Å². The van der Waals surface area contributed by atoms with Gasteiger partial charge >= 0.3 is 0 Å². The molecule has 7 heteroatoms. The smallest absolute Gasteiger partial charge is 0.265 e. The van der Waals surface area contributed by atoms with Crippen LogP contribution >= 0.6 is 0 Å². The quantitative estimate of drug-likeness (QED) is 0.183. The van der Waals surface area contributed by atoms with E-state index in [1.807, 2.05) is 79.0 Å². The van der Waals surface area contributed by atoms with Gasteiger partial charge in [0.25, 0.3) is 5.91 Å². The number of fused-ring (bicyclic) bond motifs is 1. The molecule has 37 heavy (non-hydrogen) atoms. The van der Waals surface area contributed by atoms with Crippen molar-refractivity contribution in [3.05, 3.63) is 120 Å². The molecule has 0 radical (unpaired) electrons. The second-order valence-corrected chi connectivity index (χ2v) is 9.02. The van der Waals surface area contributed by atoms with Gasteiger partial charge in [0.1, 0.15) is 11.9 Å². The standard InChI is InChI=1S/C30H29N5O2/c31-30(37)28-15-24-14-21(6-13-27(24)35-28)18-32-25-10-7-22(8-11-25)23-9-12-26(33-19-23)16-29(36)34-17-20-4-2-1-3-5-20/h1-15,19,29,32,34-36H,16-18H2,(H2,31,37). The Morgan fingerprint density at radius 1 is 0.892 bits per heavy atom. The van der Waals surface area contributed by atoms with Crippen molar-refractivity contribution in [3.63, 3.8) is 0 Å². The molecule has 0 bridgehead atoms. The summed E-state index contributed by atoms with van der Waals surface area (Å²) in [5, 5.41) is 17.8. The molecular formula is C30H29N5O2. The molecule has 5 rings (SSSR count). The van der Waals surface area contributed by atoms with Crippen molar-refractivity contribution in [1.29, 1.82) is 0 Å². The summed E-state index contributed by atoms with van der Waals surface area (Å²) in [6.07, 6.45) is 1.62. The number of amides is 1. The molecule has 0 saturated carbocycles. The molecule has 2 heterocycles. The zero-order valence-corrected chi connectivity index (χ0v) is 20.3. The number of nitrogens with two attached hydrogens (primary N) is 1. The molecule has 0 fully saturated rings. The number of aliphatic hydroxyl groups is 1. The number of nitrogens with one attached hydrogen (secondary N) is 3. The summed E-state index contributed by atoms with van der Waals surface area (Å²) in [7, 11) is 0. The number of carbonyl (C=O) groups excluding carboxylic acids is 1. The average molecular weight is 492 g/mol. The summed E-state index contributed by atoms with van der Waals surface area (Å²) in [5.74, 6) is -0.464. The molecule has 0 saturated heterocycles. The zero-order valence-electron chi connectivity index (χ0n) is 20.3. The van der Waals surface area contributed by atoms with Crippen LogP contribution in [0.15, 0.2) is 97.2 Å². The number of pyridine rings is 1. The maximum Gasteiger partial charge on any atom is 0.265 e. The highest BCUT2D eigenvalue weighted by molar-refractivity contribution is 5.97. The van der Waals surface area contributed by atoms with Gasteiger partial charge in [0.2, 0.25) is 0 Å². The monoisotopic (exact) mass is 491 g/mol. The van der Waals surface area contributed by atoms with Gasteiger partial charge in [0.05, 0.1) is 0 Å². The molecule has 0 aliphatic rings. The number of aliphatic hydroxyl groups excluding tert-OH is 1. The van der Waals surface area contributed by atoms with Crippen molar-refractivity contribution in [3.8, 4) is 11.1 Å². The summed E-state index contributed by atoms with van der Waals surface area (Å²) >= 11 is 0. The minimum absolute atomic E-state index is 0.411. The number of anilines is 1. The van der Waals surface area contributed by atoms with Gasteiger partial charge in [-0.1, -0.05) is 54.6 Å². The first-order chi connectivity index (χ1) is 18.0. The predicted octanol–water partition coefficient (Wildman–Crippen LogP) is 4.59. The molecular weight excluding hydrogens is 462 g/mol. The number of carbonyl (C=O) groups is 1. The fourth-order valence-corrected chi connectivity index (χ4v) is 4.23. The Labute approximate surface area is 215 Å². The van der Waals surface area contributed by atoms with E-state index >= 15 is 0 Å². The number of hydrogen-bond acceptors (Lipinski definition) is 5. The minimum atomic E-state index is -0.660. The van der Waals surface area contributed by atoms with Crippen molar-refractivity contribution in [2.75, 3.05) is 5.32 Å². The van der Waals surface area contributed by atoms with Crippen LogP contribution in [-0.4, -0.2) is 27.2 Å². The average Bonchev–Trinajstić information content (AvgIpc) is 3.36. The first-order valence-corrected chi connectivity index (χ1v) is 12.2. The maximum absolute atomic E-state index is 11.4. The fourth-order valence-electron chi connectivity index (χ4n) is 4.23. The minimum Gasteiger partial charge on any atom is -0.381 e. The lowest BCUT2D eigenvalue weighted by Crippen LogP contribution is -2.30. The maximum atomic E-state index is 11.4. The van der Waals surface area contributed by atoms with Crippen LogP contribution in [0.25, 0.3) is 22.0 Å². The number of aromatic nitrogens is 2. The number of benzene rings is 3. The van der Waals surface area contributed by atoms with E-state index in [-0.39, 0.29) is 0 Å². The summed E-state index contributed by atoms with van der Waals surface area (Å²) < 4.78 is 0. The summed E-state index contributed by atoms with van der Waals surface area (Å²) in [4.78, 5) is 19.0. The molecule has 7 nitrogen and oxygen atoms in total. The van der Waals surface area contributed by atoms with Gasteiger partial charge in [0, 0.05) is 53.6 Å². The first kappa shape index (κ1) is 24.2. The molecule has 0 spiro atoms. The van der Waals surface area contributed by atoms with Gasteiger partial charge in [-0.25, -0.2) is 0 Å². The van der Waals surface area contributed by atoms with Crippen molar-refractivity contribution >= 4 is 22.5 Å². The zero-order chi connectivity index (χ0) is 25.6. The van der Waals surface area contributed by atoms with Crippen molar-refractivity contribution < 1.29 is 9.90 Å². The lowest BCUT2D eigenvalue weighted by Gasteiger charge is -2.13. The molecule has 0 aliphatic carbocycles. The molecule has 2 aromatic heterocycles. The highest BCUT2D eigenvalue weighted by atomic mass is 16.3. The number of aromatic amines is 1. The predicted molar refractivity (Wildman–Crippen MR) is 147 cm³/mol. The molecule has 186 valence electrons. The van der Waals surface area contributed by atoms with Gasteiger partial charge in [0.15, 0.2) is 0 Å². The summed E-state index contributed by atoms with van der Waals surface area (Å²) in [5.41, 5.74) is 12.8. The third kappa shape index (κ3) is 6.22. The van der Waals surface area contributed by atoms with E-state index in [2.05, 4.69) is 32.7 Å². The Kier molecular flexibility index (Phi) is 7.26. The number of primary amides is 1. The van der Waals surface area contributed by atoms with Gasteiger partial charge in [-0.15, -0.1) is 0 Å². The third-order valence-corrected chi connectivity index (χ3v) is 6.28. The highest BCUT2D eigenvalue weighted by Gasteiger charge is 2.08. The van der Waals surface area contributed by atoms with E-state index in [0.717, 1.165) is 44.5 Å². The molecule has 1 amide bonds. The molecule has 5 aromatic rings. The topological polar surface area (TPSA) is 116 Å². The van der Waals surface area contributed by atoms with Crippen LogP contribution < -0.4 is 16.4 Å². The van der Waals surface area contributed by atoms with Crippen LogP contribution in [0.3, 0.4) is 0 Å². The molecule has 0 aliphatic heterocycles. The van der Waals surface area contributed by atoms with Crippen LogP contribution in [0.4, 0.5) is 5.69 Å². The summed E-state index contributed by atoms with van der Waals surface area (Å²) in [6.45, 7) is 1.26. The van der Waals surface area contributed by atoms with Crippen LogP contribution in [0.2, 0.25) is 0 Å². The number of rotatable bonds is 10. The van der Waals surface area contributed by atoms with Gasteiger partial charge in [-0.05, 0) is 53.1 Å². The van der Waals surface area contributed by atoms with E-state index in [1.165, 1.54) is 0 Å². The molecule has 3 aromatic carbocycles. The second kappa shape index (κ2) is 11.1. The van der Waals surface area contributed by atoms with Crippen LogP contribution in [0.1, 0.15) is 27.3 Å². The first-order valence-electron chi connectivity index (χ1n) is 12.2. The molecule has 1 unspecified atom stereocenters. The second-order valence-electron chi connectivity index (χ2n) is 9.02. The Balaban J connectivity index is 1.14. The normalized spacial score (nSPS) is 11.9. The van der Waals surface area contributed by atoms with Gasteiger partial charge in [-0.3, -0.25) is 15.1 Å². The molecule has 1 atom stereocenters. The Bertz CT molecular complexity index is 1480. The third-order valence-electron chi connectivity index (χ3n) is 6.28. The van der Waals surface area contributed by atoms with E-state index < -0.39 is 12.1 Å². The van der Waals surface area contributed by atoms with E-state index in [1.54, 1.807) is 6.07 Å². The fraction of sp³-hybridized carbons (Fsp3) is 0.133.